The molecule has 0 saturated heterocycles. The highest BCUT2D eigenvalue weighted by Gasteiger charge is 2.27. The molecule has 1 aliphatic heterocycles. The SMILES string of the molecule is CCCC(C)(COC(N)=O)COC(N)=O.CN=C1CN(O)C(c2ccccc2)=c2cc(Cl)ccc2=N1.Cl. The zero-order valence-corrected chi connectivity index (χ0v) is 22.6. The van der Waals surface area contributed by atoms with E-state index in [1.165, 1.54) is 5.06 Å². The number of rotatable bonds is 7. The van der Waals surface area contributed by atoms with E-state index in [1.807, 2.05) is 56.3 Å². The zero-order valence-electron chi connectivity index (χ0n) is 21.0. The standard InChI is InChI=1S/C16H14ClN3O.C9H18N2O4.ClH/c1-18-15-10-20(21)16(11-5-3-2-4-6-11)13-9-12(17)7-8-14(13)19-15;1-3-4-9(2,5-14-7(10)12)6-15-8(11)13;/h2-9,21H,10H2,1H3;3-6H2,1-2H3,(H2,10,12)(H2,11,13);1H. The summed E-state index contributed by atoms with van der Waals surface area (Å²) in [6.45, 7) is 4.27. The first kappa shape index (κ1) is 31.7. The number of hydrogen-bond acceptors (Lipinski definition) is 7. The lowest BCUT2D eigenvalue weighted by molar-refractivity contribution is -0.0119. The number of carbonyl (C=O) groups excluding carboxylic acids is 2. The maximum absolute atomic E-state index is 10.5. The highest BCUT2D eigenvalue weighted by atomic mass is 35.5. The number of hydrogen-bond donors (Lipinski definition) is 3. The summed E-state index contributed by atoms with van der Waals surface area (Å²) >= 11 is 6.12. The van der Waals surface area contributed by atoms with E-state index in [4.69, 9.17) is 32.5 Å². The molecule has 37 heavy (non-hydrogen) atoms. The molecule has 0 bridgehead atoms. The number of aliphatic imine (C=N–C) groups is 1. The summed E-state index contributed by atoms with van der Waals surface area (Å²) in [6.07, 6.45) is -0.0540. The molecule has 2 aromatic rings. The van der Waals surface area contributed by atoms with Crippen molar-refractivity contribution in [3.63, 3.8) is 0 Å². The van der Waals surface area contributed by atoms with Crippen molar-refractivity contribution in [1.82, 2.24) is 5.06 Å². The highest BCUT2D eigenvalue weighted by molar-refractivity contribution is 6.30. The molecule has 0 fully saturated rings. The summed E-state index contributed by atoms with van der Waals surface area (Å²) in [7, 11) is 1.66. The van der Waals surface area contributed by atoms with E-state index >= 15 is 0 Å². The Labute approximate surface area is 227 Å². The van der Waals surface area contributed by atoms with Crippen LogP contribution < -0.4 is 22.0 Å². The van der Waals surface area contributed by atoms with Crippen molar-refractivity contribution in [1.29, 1.82) is 0 Å². The number of fused-ring (bicyclic) bond motifs is 1. The third-order valence-corrected chi connectivity index (χ3v) is 5.53. The highest BCUT2D eigenvalue weighted by Crippen LogP contribution is 2.24. The largest absolute Gasteiger partial charge is 0.449 e. The fraction of sp³-hybridized carbons (Fsp3) is 0.360. The number of hydroxylamine groups is 2. The number of carbonyl (C=O) groups is 2. The van der Waals surface area contributed by atoms with Crippen molar-refractivity contribution in [3.8, 4) is 0 Å². The monoisotopic (exact) mass is 553 g/mol. The second-order valence-corrected chi connectivity index (χ2v) is 8.90. The van der Waals surface area contributed by atoms with E-state index in [0.717, 1.165) is 29.0 Å². The van der Waals surface area contributed by atoms with Gasteiger partial charge in [-0.15, -0.1) is 12.4 Å². The number of amidine groups is 1. The first-order valence-electron chi connectivity index (χ1n) is 11.3. The molecular formula is C25H33Cl2N5O5. The van der Waals surface area contributed by atoms with Gasteiger partial charge in [-0.25, -0.2) is 19.6 Å². The zero-order chi connectivity index (χ0) is 26.7. The molecule has 3 rings (SSSR count). The molecule has 0 aromatic heterocycles. The number of ether oxygens (including phenoxy) is 2. The Bertz CT molecular complexity index is 1190. The Morgan fingerprint density at radius 3 is 2.24 bits per heavy atom. The molecule has 0 aliphatic carbocycles. The van der Waals surface area contributed by atoms with Gasteiger partial charge in [0.2, 0.25) is 0 Å². The van der Waals surface area contributed by atoms with Crippen molar-refractivity contribution < 1.29 is 24.3 Å². The summed E-state index contributed by atoms with van der Waals surface area (Å²) < 4.78 is 9.40. The average Bonchev–Trinajstić information content (AvgIpc) is 2.98. The van der Waals surface area contributed by atoms with Crippen molar-refractivity contribution in [2.75, 3.05) is 26.8 Å². The van der Waals surface area contributed by atoms with Crippen LogP contribution in [0.4, 0.5) is 9.59 Å². The lowest BCUT2D eigenvalue weighted by Gasteiger charge is -2.27. The van der Waals surface area contributed by atoms with Gasteiger partial charge in [0, 0.05) is 28.3 Å². The Kier molecular flexibility index (Phi) is 12.9. The van der Waals surface area contributed by atoms with Gasteiger partial charge in [0.05, 0.1) is 11.1 Å². The second kappa shape index (κ2) is 15.0. The smallest absolute Gasteiger partial charge is 0.404 e. The first-order valence-corrected chi connectivity index (χ1v) is 11.7. The van der Waals surface area contributed by atoms with Gasteiger partial charge >= 0.3 is 12.2 Å². The van der Waals surface area contributed by atoms with Crippen LogP contribution in [0.5, 0.6) is 0 Å². The van der Waals surface area contributed by atoms with Crippen LogP contribution in [-0.2, 0) is 9.47 Å². The minimum absolute atomic E-state index is 0. The predicted molar refractivity (Wildman–Crippen MR) is 144 cm³/mol. The van der Waals surface area contributed by atoms with Gasteiger partial charge in [-0.3, -0.25) is 10.2 Å². The molecule has 1 heterocycles. The molecule has 0 unspecified atom stereocenters. The van der Waals surface area contributed by atoms with Crippen molar-refractivity contribution in [3.05, 3.63) is 69.7 Å². The first-order chi connectivity index (χ1) is 17.1. The van der Waals surface area contributed by atoms with Crippen LogP contribution in [0.3, 0.4) is 0 Å². The van der Waals surface area contributed by atoms with Gasteiger partial charge in [0.15, 0.2) is 0 Å². The molecule has 2 amide bonds. The molecule has 0 radical (unpaired) electrons. The van der Waals surface area contributed by atoms with Crippen LogP contribution in [0, 0.1) is 5.41 Å². The third-order valence-electron chi connectivity index (χ3n) is 5.30. The molecule has 10 nitrogen and oxygen atoms in total. The minimum atomic E-state index is -0.837. The van der Waals surface area contributed by atoms with E-state index in [9.17, 15) is 14.8 Å². The van der Waals surface area contributed by atoms with Crippen molar-refractivity contribution >= 4 is 47.7 Å². The molecule has 5 N–H and O–H groups in total. The molecule has 0 saturated carbocycles. The average molecular weight is 554 g/mol. The number of amides is 2. The van der Waals surface area contributed by atoms with Gasteiger partial charge in [-0.1, -0.05) is 62.2 Å². The number of nitrogens with zero attached hydrogens (tertiary/aromatic N) is 3. The summed E-state index contributed by atoms with van der Waals surface area (Å²) in [5.74, 6) is 0.562. The third kappa shape index (κ3) is 9.91. The van der Waals surface area contributed by atoms with E-state index in [0.29, 0.717) is 16.6 Å². The van der Waals surface area contributed by atoms with E-state index in [2.05, 4.69) is 9.98 Å². The van der Waals surface area contributed by atoms with E-state index in [-0.39, 0.29) is 32.2 Å². The number of primary amides is 2. The van der Waals surface area contributed by atoms with Crippen molar-refractivity contribution in [2.24, 2.45) is 26.9 Å². The maximum Gasteiger partial charge on any atom is 0.404 e. The fourth-order valence-electron chi connectivity index (χ4n) is 3.62. The fourth-order valence-corrected chi connectivity index (χ4v) is 3.80. The Morgan fingerprint density at radius 2 is 1.73 bits per heavy atom. The molecular weight excluding hydrogens is 521 g/mol. The van der Waals surface area contributed by atoms with Crippen molar-refractivity contribution in [2.45, 2.75) is 26.7 Å². The van der Waals surface area contributed by atoms with Crippen LogP contribution in [0.1, 0.15) is 32.3 Å². The predicted octanol–water partition coefficient (Wildman–Crippen LogP) is 3.25. The quantitative estimate of drug-likeness (QED) is 0.478. The van der Waals surface area contributed by atoms with E-state index < -0.39 is 17.6 Å². The van der Waals surface area contributed by atoms with Gasteiger partial charge < -0.3 is 20.9 Å². The molecule has 12 heteroatoms. The number of benzene rings is 2. The number of halogens is 2. The summed E-state index contributed by atoms with van der Waals surface area (Å²) in [5, 5.41) is 13.8. The van der Waals surface area contributed by atoms with Gasteiger partial charge in [-0.2, -0.15) is 0 Å². The lowest BCUT2D eigenvalue weighted by atomic mass is 9.87. The summed E-state index contributed by atoms with van der Waals surface area (Å²) in [5.41, 5.74) is 10.9. The summed E-state index contributed by atoms with van der Waals surface area (Å²) in [6, 6.07) is 15.1. The lowest BCUT2D eigenvalue weighted by Crippen LogP contribution is -2.33. The Hall–Kier alpha value is -3.34. The Morgan fingerprint density at radius 1 is 1.14 bits per heavy atom. The normalized spacial score (nSPS) is 13.7. The van der Waals surface area contributed by atoms with Gasteiger partial charge in [0.25, 0.3) is 0 Å². The van der Waals surface area contributed by atoms with Gasteiger partial charge in [0.1, 0.15) is 25.6 Å². The number of nitrogens with two attached hydrogens (primary N) is 2. The van der Waals surface area contributed by atoms with Crippen LogP contribution >= 0.6 is 24.0 Å². The molecule has 1 aliphatic rings. The van der Waals surface area contributed by atoms with Crippen LogP contribution in [0.15, 0.2) is 58.5 Å². The summed E-state index contributed by atoms with van der Waals surface area (Å²) in [4.78, 5) is 29.5. The Balaban J connectivity index is 0.000000384. The molecule has 2 aromatic carbocycles. The van der Waals surface area contributed by atoms with Gasteiger partial charge in [-0.05, 0) is 24.6 Å². The topological polar surface area (TPSA) is 153 Å². The second-order valence-electron chi connectivity index (χ2n) is 8.46. The van der Waals surface area contributed by atoms with Crippen LogP contribution in [-0.4, -0.2) is 55.1 Å². The maximum atomic E-state index is 10.5. The van der Waals surface area contributed by atoms with E-state index in [1.54, 1.807) is 13.1 Å². The van der Waals surface area contributed by atoms with Crippen LogP contribution in [0.25, 0.3) is 5.70 Å². The molecule has 0 spiro atoms. The van der Waals surface area contributed by atoms with Crippen LogP contribution in [0.2, 0.25) is 5.02 Å². The molecule has 0 atom stereocenters. The molecule has 202 valence electrons. The minimum Gasteiger partial charge on any atom is -0.449 e.